The minimum Gasteiger partial charge on any atom is -0.334 e. The predicted octanol–water partition coefficient (Wildman–Crippen LogP) is 5.02. The van der Waals surface area contributed by atoms with E-state index in [0.29, 0.717) is 47.6 Å². The van der Waals surface area contributed by atoms with E-state index in [9.17, 15) is 19.2 Å². The first-order chi connectivity index (χ1) is 20.9. The maximum atomic E-state index is 13.6. The van der Waals surface area contributed by atoms with Crippen molar-refractivity contribution in [1.29, 1.82) is 0 Å². The molecule has 43 heavy (non-hydrogen) atoms. The first-order valence-electron chi connectivity index (χ1n) is 14.3. The number of hydrogen-bond donors (Lipinski definition) is 0. The minimum absolute atomic E-state index is 0.0576. The van der Waals surface area contributed by atoms with Crippen molar-refractivity contribution in [3.63, 3.8) is 0 Å². The van der Waals surface area contributed by atoms with Gasteiger partial charge in [0.15, 0.2) is 0 Å². The Morgan fingerprint density at radius 2 is 1.16 bits per heavy atom. The van der Waals surface area contributed by atoms with Gasteiger partial charge in [-0.1, -0.05) is 42.2 Å². The molecule has 0 N–H and O–H groups in total. The van der Waals surface area contributed by atoms with Crippen LogP contribution in [-0.2, 0) is 0 Å². The molecule has 7 nitrogen and oxygen atoms in total. The molecule has 0 aliphatic carbocycles. The molecule has 0 bridgehead atoms. The van der Waals surface area contributed by atoms with Crippen molar-refractivity contribution >= 4 is 29.3 Å². The third-order valence-electron chi connectivity index (χ3n) is 8.52. The zero-order valence-electron chi connectivity index (χ0n) is 23.3. The van der Waals surface area contributed by atoms with Gasteiger partial charge >= 0.3 is 0 Å². The first-order valence-corrected chi connectivity index (χ1v) is 14.3. The molecule has 2 fully saturated rings. The molecule has 2 saturated heterocycles. The van der Waals surface area contributed by atoms with Crippen molar-refractivity contribution in [1.82, 2.24) is 9.80 Å². The fourth-order valence-corrected chi connectivity index (χ4v) is 6.27. The highest BCUT2D eigenvalue weighted by molar-refractivity contribution is 6.34. The third kappa shape index (κ3) is 4.58. The lowest BCUT2D eigenvalue weighted by atomic mass is 9.85. The first kappa shape index (κ1) is 26.4. The minimum atomic E-state index is -0.380. The van der Waals surface area contributed by atoms with E-state index in [1.807, 2.05) is 47.4 Å². The molecule has 7 rings (SSSR count). The van der Waals surface area contributed by atoms with E-state index in [1.54, 1.807) is 65.6 Å². The fraction of sp³-hybridized carbons (Fsp3) is 0.167. The summed E-state index contributed by atoms with van der Waals surface area (Å²) in [6, 6.07) is 30.4. The Morgan fingerprint density at radius 3 is 1.79 bits per heavy atom. The van der Waals surface area contributed by atoms with Crippen LogP contribution in [0, 0.1) is 11.8 Å². The van der Waals surface area contributed by atoms with Gasteiger partial charge in [-0.25, -0.2) is 4.90 Å². The molecule has 4 amide bonds. The Balaban J connectivity index is 1.01. The van der Waals surface area contributed by atoms with Crippen molar-refractivity contribution in [3.05, 3.63) is 137 Å². The molecule has 3 heterocycles. The number of likely N-dealkylation sites (tertiary alicyclic amines) is 2. The van der Waals surface area contributed by atoms with E-state index >= 15 is 0 Å². The van der Waals surface area contributed by atoms with Gasteiger partial charge in [0, 0.05) is 41.9 Å². The van der Waals surface area contributed by atoms with Gasteiger partial charge in [0.25, 0.3) is 23.6 Å². The molecule has 0 saturated carbocycles. The lowest BCUT2D eigenvalue weighted by Gasteiger charge is -2.52. The van der Waals surface area contributed by atoms with Crippen molar-refractivity contribution in [2.45, 2.75) is 18.4 Å². The average molecular weight is 566 g/mol. The number of fused-ring (bicyclic) bond motifs is 1. The molecule has 0 radical (unpaired) electrons. The van der Waals surface area contributed by atoms with E-state index in [4.69, 9.17) is 0 Å². The fourth-order valence-electron chi connectivity index (χ4n) is 6.27. The number of anilines is 1. The molecule has 0 unspecified atom stereocenters. The van der Waals surface area contributed by atoms with Crippen molar-refractivity contribution < 1.29 is 19.2 Å². The third-order valence-corrected chi connectivity index (χ3v) is 8.52. The van der Waals surface area contributed by atoms with Crippen molar-refractivity contribution in [3.8, 4) is 11.8 Å². The predicted molar refractivity (Wildman–Crippen MR) is 162 cm³/mol. The zero-order chi connectivity index (χ0) is 29.6. The Labute approximate surface area is 249 Å². The molecule has 210 valence electrons. The van der Waals surface area contributed by atoms with Crippen LogP contribution in [0.4, 0.5) is 5.69 Å². The highest BCUT2D eigenvalue weighted by atomic mass is 16.2. The van der Waals surface area contributed by atoms with Gasteiger partial charge in [-0.05, 0) is 85.6 Å². The summed E-state index contributed by atoms with van der Waals surface area (Å²) in [4.78, 5) is 57.4. The molecule has 0 aromatic heterocycles. The maximum absolute atomic E-state index is 13.6. The van der Waals surface area contributed by atoms with Gasteiger partial charge in [-0.15, -0.1) is 0 Å². The second kappa shape index (κ2) is 10.4. The smallest absolute Gasteiger partial charge is 0.266 e. The van der Waals surface area contributed by atoms with Gasteiger partial charge < -0.3 is 9.80 Å². The molecule has 3 aliphatic rings. The van der Waals surface area contributed by atoms with Gasteiger partial charge in [0.05, 0.1) is 22.4 Å². The van der Waals surface area contributed by atoms with Crippen molar-refractivity contribution in [2.75, 3.05) is 24.5 Å². The van der Waals surface area contributed by atoms with Crippen LogP contribution in [0.25, 0.3) is 0 Å². The Morgan fingerprint density at radius 1 is 0.628 bits per heavy atom. The summed E-state index contributed by atoms with van der Waals surface area (Å²) in [5, 5.41) is 0. The molecular weight excluding hydrogens is 538 g/mol. The molecular formula is C36H27N3O4. The summed E-state index contributed by atoms with van der Waals surface area (Å²) in [5.41, 5.74) is 3.65. The van der Waals surface area contributed by atoms with E-state index < -0.39 is 0 Å². The molecule has 1 spiro atoms. The number of amides is 4. The Hall–Kier alpha value is -5.48. The Kier molecular flexibility index (Phi) is 6.40. The summed E-state index contributed by atoms with van der Waals surface area (Å²) in [6.07, 6.45) is 1.71. The normalized spacial score (nSPS) is 16.5. The maximum Gasteiger partial charge on any atom is 0.266 e. The number of carbonyl (C=O) groups is 4. The lowest BCUT2D eigenvalue weighted by molar-refractivity contribution is -0.0116. The van der Waals surface area contributed by atoms with Crippen LogP contribution in [0.2, 0.25) is 0 Å². The highest BCUT2D eigenvalue weighted by Gasteiger charge is 2.53. The van der Waals surface area contributed by atoms with Gasteiger partial charge in [0.2, 0.25) is 0 Å². The van der Waals surface area contributed by atoms with Crippen LogP contribution in [0.1, 0.15) is 65.4 Å². The van der Waals surface area contributed by atoms with Crippen molar-refractivity contribution in [2.24, 2.45) is 0 Å². The molecule has 4 aromatic carbocycles. The second-order valence-electron chi connectivity index (χ2n) is 11.2. The lowest BCUT2D eigenvalue weighted by Crippen LogP contribution is -2.69. The largest absolute Gasteiger partial charge is 0.334 e. The van der Waals surface area contributed by atoms with E-state index in [-0.39, 0.29) is 29.2 Å². The average Bonchev–Trinajstić information content (AvgIpc) is 3.59. The highest BCUT2D eigenvalue weighted by Crippen LogP contribution is 2.39. The van der Waals surface area contributed by atoms with Crippen LogP contribution < -0.4 is 4.90 Å². The van der Waals surface area contributed by atoms with Gasteiger partial charge in [-0.2, -0.15) is 0 Å². The molecule has 0 atom stereocenters. The van der Waals surface area contributed by atoms with Crippen LogP contribution in [0.15, 0.2) is 103 Å². The quantitative estimate of drug-likeness (QED) is 0.258. The molecule has 3 aliphatic heterocycles. The van der Waals surface area contributed by atoms with E-state index in [0.717, 1.165) is 28.9 Å². The standard InChI is InChI=1S/C36H27N3O4/c40-32(27-15-13-26(14-16-27)12-11-25-7-2-1-3-8-25)37-23-36(24-37)21-6-22-38(36)33(41)28-17-19-29(20-18-28)39-34(42)30-9-4-5-10-31(30)35(39)43/h1-5,7-10,13-20H,6,21-24H2. The topological polar surface area (TPSA) is 78.0 Å². The van der Waals surface area contributed by atoms with Gasteiger partial charge in [-0.3, -0.25) is 19.2 Å². The molecule has 4 aromatic rings. The zero-order valence-corrected chi connectivity index (χ0v) is 23.3. The number of imide groups is 1. The van der Waals surface area contributed by atoms with E-state index in [2.05, 4.69) is 11.8 Å². The SMILES string of the molecule is O=C(c1ccc(C#Cc2ccccc2)cc1)N1CC2(CCCN2C(=O)c2ccc(N3C(=O)c4ccccc4C3=O)cc2)C1. The summed E-state index contributed by atoms with van der Waals surface area (Å²) in [6.45, 7) is 1.59. The Bertz CT molecular complexity index is 1790. The number of carbonyl (C=O) groups excluding carboxylic acids is 4. The summed E-state index contributed by atoms with van der Waals surface area (Å²) < 4.78 is 0. The summed E-state index contributed by atoms with van der Waals surface area (Å²) in [7, 11) is 0. The number of rotatable bonds is 3. The number of benzene rings is 4. The van der Waals surface area contributed by atoms with Crippen LogP contribution in [0.3, 0.4) is 0 Å². The van der Waals surface area contributed by atoms with Gasteiger partial charge in [0.1, 0.15) is 0 Å². The monoisotopic (exact) mass is 565 g/mol. The summed E-state index contributed by atoms with van der Waals surface area (Å²) >= 11 is 0. The molecule has 7 heteroatoms. The summed E-state index contributed by atoms with van der Waals surface area (Å²) in [5.74, 6) is 5.35. The van der Waals surface area contributed by atoms with Crippen LogP contribution in [0.5, 0.6) is 0 Å². The van der Waals surface area contributed by atoms with Crippen LogP contribution in [-0.4, -0.2) is 58.6 Å². The second-order valence-corrected chi connectivity index (χ2v) is 11.2. The van der Waals surface area contributed by atoms with Crippen LogP contribution >= 0.6 is 0 Å². The number of hydrogen-bond acceptors (Lipinski definition) is 4. The number of nitrogens with zero attached hydrogens (tertiary/aromatic N) is 3. The van der Waals surface area contributed by atoms with E-state index in [1.165, 1.54) is 0 Å².